The van der Waals surface area contributed by atoms with Gasteiger partial charge in [-0.1, -0.05) is 0 Å². The number of ether oxygens (including phenoxy) is 3. The summed E-state index contributed by atoms with van der Waals surface area (Å²) in [5, 5.41) is 2.29. The van der Waals surface area contributed by atoms with E-state index in [1.54, 1.807) is 0 Å². The first-order valence-electron chi connectivity index (χ1n) is 11.4. The first-order valence-corrected chi connectivity index (χ1v) is 11.4. The highest BCUT2D eigenvalue weighted by molar-refractivity contribution is 5.87. The molecule has 0 bridgehead atoms. The van der Waals surface area contributed by atoms with Crippen molar-refractivity contribution in [1.82, 2.24) is 19.1 Å². The molecule has 4 atom stereocenters. The van der Waals surface area contributed by atoms with Crippen molar-refractivity contribution in [3.63, 3.8) is 0 Å². The van der Waals surface area contributed by atoms with E-state index in [1.807, 2.05) is 0 Å². The van der Waals surface area contributed by atoms with Crippen molar-refractivity contribution in [3.05, 3.63) is 20.8 Å². The van der Waals surface area contributed by atoms with Gasteiger partial charge in [-0.25, -0.2) is 9.36 Å². The fourth-order valence-electron chi connectivity index (χ4n) is 4.31. The van der Waals surface area contributed by atoms with Crippen LogP contribution in [0.5, 0.6) is 0 Å². The van der Waals surface area contributed by atoms with Gasteiger partial charge in [0.25, 0.3) is 5.56 Å². The SMILES string of the molecule is CC(=O)Nc1nc2c(c(=O)[nH]1)n(CC1CC1)c(=O)n2[C@@H]1O[C@H](C(OC(C)=O)C(F)(F)F)C[C@H]1OC(C)=O. The molecule has 0 radical (unpaired) electrons. The van der Waals surface area contributed by atoms with Gasteiger partial charge in [0.15, 0.2) is 17.4 Å². The van der Waals surface area contributed by atoms with Crippen LogP contribution < -0.4 is 16.6 Å². The molecule has 0 aromatic carbocycles. The van der Waals surface area contributed by atoms with Crippen LogP contribution in [0.15, 0.2) is 9.59 Å². The van der Waals surface area contributed by atoms with E-state index < -0.39 is 66.2 Å². The first-order chi connectivity index (χ1) is 17.3. The van der Waals surface area contributed by atoms with Crippen molar-refractivity contribution in [2.45, 2.75) is 77.3 Å². The summed E-state index contributed by atoms with van der Waals surface area (Å²) in [4.78, 5) is 67.6. The number of imidazole rings is 1. The standard InChI is InChI=1S/C21H24F3N5O8/c1-8(30)25-19-26-16-14(17(33)27-19)28(7-11-4-5-11)20(34)29(16)18-13(35-9(2)31)6-12(37-18)15(21(22,23)24)36-10(3)32/h11-13,15,18H,4-7H2,1-3H3,(H2,25,26,27,30,33)/t12-,13+,15?,18+/m0/s1. The number of fused-ring (bicyclic) bond motifs is 1. The molecule has 1 unspecified atom stereocenters. The van der Waals surface area contributed by atoms with Crippen LogP contribution in [-0.2, 0) is 35.1 Å². The largest absolute Gasteiger partial charge is 0.458 e. The Morgan fingerprint density at radius 3 is 2.41 bits per heavy atom. The second-order valence-corrected chi connectivity index (χ2v) is 8.99. The summed E-state index contributed by atoms with van der Waals surface area (Å²) in [5.74, 6) is -2.88. The number of carbonyl (C=O) groups is 3. The number of aromatic nitrogens is 4. The highest BCUT2D eigenvalue weighted by atomic mass is 19.4. The predicted molar refractivity (Wildman–Crippen MR) is 117 cm³/mol. The minimum absolute atomic E-state index is 0.103. The number of nitrogens with zero attached hydrogens (tertiary/aromatic N) is 3. The molecule has 16 heteroatoms. The number of alkyl halides is 3. The average molecular weight is 531 g/mol. The molecule has 4 rings (SSSR count). The Labute approximate surface area is 205 Å². The van der Waals surface area contributed by atoms with Gasteiger partial charge in [-0.2, -0.15) is 18.2 Å². The number of hydrogen-bond acceptors (Lipinski definition) is 9. The van der Waals surface area contributed by atoms with Crippen LogP contribution in [0, 0.1) is 5.92 Å². The summed E-state index contributed by atoms with van der Waals surface area (Å²) in [6, 6.07) is 0. The lowest BCUT2D eigenvalue weighted by Crippen LogP contribution is -2.43. The second-order valence-electron chi connectivity index (χ2n) is 8.99. The number of H-pyrrole nitrogens is 1. The summed E-state index contributed by atoms with van der Waals surface area (Å²) in [7, 11) is 0. The third-order valence-corrected chi connectivity index (χ3v) is 5.87. The number of nitrogens with one attached hydrogen (secondary N) is 2. The van der Waals surface area contributed by atoms with Crippen molar-refractivity contribution < 1.29 is 41.8 Å². The normalized spacial score (nSPS) is 22.6. The maximum atomic E-state index is 13.7. The summed E-state index contributed by atoms with van der Waals surface area (Å²) >= 11 is 0. The molecule has 2 fully saturated rings. The van der Waals surface area contributed by atoms with Crippen molar-refractivity contribution in [2.24, 2.45) is 5.92 Å². The fraction of sp³-hybridized carbons (Fsp3) is 0.619. The predicted octanol–water partition coefficient (Wildman–Crippen LogP) is 0.968. The van der Waals surface area contributed by atoms with Gasteiger partial charge in [-0.3, -0.25) is 34.0 Å². The Morgan fingerprint density at radius 1 is 1.19 bits per heavy atom. The molecule has 1 aliphatic carbocycles. The van der Waals surface area contributed by atoms with Gasteiger partial charge >= 0.3 is 23.8 Å². The Morgan fingerprint density at radius 2 is 1.86 bits per heavy atom. The topological polar surface area (TPSA) is 164 Å². The lowest BCUT2D eigenvalue weighted by molar-refractivity contribution is -0.248. The highest BCUT2D eigenvalue weighted by Gasteiger charge is 2.54. The summed E-state index contributed by atoms with van der Waals surface area (Å²) in [6.07, 6.45) is -11.6. The number of rotatable bonds is 7. The van der Waals surface area contributed by atoms with E-state index in [9.17, 15) is 37.1 Å². The maximum absolute atomic E-state index is 13.7. The number of anilines is 1. The molecule has 202 valence electrons. The number of halogens is 3. The molecule has 13 nitrogen and oxygen atoms in total. The monoisotopic (exact) mass is 531 g/mol. The summed E-state index contributed by atoms with van der Waals surface area (Å²) in [5.41, 5.74) is -2.10. The van der Waals surface area contributed by atoms with Crippen molar-refractivity contribution in [1.29, 1.82) is 0 Å². The Balaban J connectivity index is 1.87. The molecule has 2 aliphatic rings. The van der Waals surface area contributed by atoms with E-state index in [2.05, 4.69) is 20.0 Å². The molecule has 3 heterocycles. The van der Waals surface area contributed by atoms with E-state index in [4.69, 9.17) is 9.47 Å². The molecule has 2 aromatic heterocycles. The van der Waals surface area contributed by atoms with Crippen LogP contribution in [0.25, 0.3) is 11.2 Å². The Bertz CT molecular complexity index is 1360. The van der Waals surface area contributed by atoms with Gasteiger partial charge in [0.05, 0.1) is 0 Å². The highest BCUT2D eigenvalue weighted by Crippen LogP contribution is 2.39. The molecule has 2 aromatic rings. The Kier molecular flexibility index (Phi) is 6.87. The molecule has 1 saturated carbocycles. The number of hydrogen-bond donors (Lipinski definition) is 2. The van der Waals surface area contributed by atoms with Crippen LogP contribution >= 0.6 is 0 Å². The lowest BCUT2D eigenvalue weighted by Gasteiger charge is -2.25. The molecule has 1 amide bonds. The van der Waals surface area contributed by atoms with Crippen molar-refractivity contribution in [2.75, 3.05) is 5.32 Å². The van der Waals surface area contributed by atoms with E-state index in [1.165, 1.54) is 0 Å². The number of amides is 1. The van der Waals surface area contributed by atoms with Gasteiger partial charge in [0, 0.05) is 33.7 Å². The third kappa shape index (κ3) is 5.52. The maximum Gasteiger partial charge on any atom is 0.428 e. The van der Waals surface area contributed by atoms with E-state index in [0.717, 1.165) is 42.7 Å². The quantitative estimate of drug-likeness (QED) is 0.496. The van der Waals surface area contributed by atoms with Crippen LogP contribution in [0.1, 0.15) is 46.3 Å². The van der Waals surface area contributed by atoms with E-state index in [0.29, 0.717) is 0 Å². The first kappa shape index (κ1) is 26.4. The van der Waals surface area contributed by atoms with E-state index in [-0.39, 0.29) is 29.6 Å². The number of carbonyl (C=O) groups excluding carboxylic acids is 3. The van der Waals surface area contributed by atoms with Gasteiger partial charge in [-0.05, 0) is 18.8 Å². The number of aromatic amines is 1. The van der Waals surface area contributed by atoms with Crippen molar-refractivity contribution in [3.8, 4) is 0 Å². The zero-order valence-corrected chi connectivity index (χ0v) is 20.0. The molecule has 1 saturated heterocycles. The Hall–Kier alpha value is -3.69. The second kappa shape index (κ2) is 9.64. The van der Waals surface area contributed by atoms with Crippen LogP contribution in [-0.4, -0.2) is 61.4 Å². The molecule has 37 heavy (non-hydrogen) atoms. The summed E-state index contributed by atoms with van der Waals surface area (Å²) in [6.45, 7) is 3.11. The molecule has 0 spiro atoms. The van der Waals surface area contributed by atoms with Gasteiger partial charge in [0.2, 0.25) is 18.0 Å². The smallest absolute Gasteiger partial charge is 0.428 e. The van der Waals surface area contributed by atoms with Gasteiger partial charge < -0.3 is 14.2 Å². The fourth-order valence-corrected chi connectivity index (χ4v) is 4.31. The zero-order valence-electron chi connectivity index (χ0n) is 20.0. The molecule has 2 N–H and O–H groups in total. The lowest BCUT2D eigenvalue weighted by atomic mass is 10.1. The minimum atomic E-state index is -5.04. The van der Waals surface area contributed by atoms with Gasteiger partial charge in [-0.15, -0.1) is 0 Å². The molecule has 1 aliphatic heterocycles. The van der Waals surface area contributed by atoms with Crippen LogP contribution in [0.2, 0.25) is 0 Å². The number of esters is 2. The zero-order chi connectivity index (χ0) is 27.2. The summed E-state index contributed by atoms with van der Waals surface area (Å²) < 4.78 is 58.4. The van der Waals surface area contributed by atoms with Crippen LogP contribution in [0.4, 0.5) is 19.1 Å². The van der Waals surface area contributed by atoms with E-state index >= 15 is 0 Å². The van der Waals surface area contributed by atoms with Crippen LogP contribution in [0.3, 0.4) is 0 Å². The molecular formula is C21H24F3N5O8. The molecular weight excluding hydrogens is 507 g/mol. The average Bonchev–Trinajstić information content (AvgIpc) is 3.42. The van der Waals surface area contributed by atoms with Crippen molar-refractivity contribution >= 4 is 35.0 Å². The third-order valence-electron chi connectivity index (χ3n) is 5.87. The van der Waals surface area contributed by atoms with Gasteiger partial charge in [0.1, 0.15) is 12.2 Å². The minimum Gasteiger partial charge on any atom is -0.458 e.